The number of benzene rings is 1. The Morgan fingerprint density at radius 2 is 2.08 bits per heavy atom. The molecule has 1 aromatic carbocycles. The van der Waals surface area contributed by atoms with E-state index in [0.29, 0.717) is 11.4 Å². The zero-order valence-corrected chi connectivity index (χ0v) is 13.5. The van der Waals surface area contributed by atoms with Crippen molar-refractivity contribution in [2.45, 2.75) is 19.9 Å². The van der Waals surface area contributed by atoms with Crippen LogP contribution in [0.4, 0.5) is 5.69 Å². The van der Waals surface area contributed by atoms with Crippen molar-refractivity contribution in [1.82, 2.24) is 9.78 Å². The van der Waals surface area contributed by atoms with Crippen molar-refractivity contribution in [3.63, 3.8) is 0 Å². The monoisotopic (exact) mass is 321 g/mol. The Kier molecular flexibility index (Phi) is 4.91. The lowest BCUT2D eigenvalue weighted by molar-refractivity contribution is -0.111. The van der Waals surface area contributed by atoms with Crippen LogP contribution in [0.1, 0.15) is 17.1 Å². The van der Waals surface area contributed by atoms with E-state index in [2.05, 4.69) is 22.5 Å². The van der Waals surface area contributed by atoms with Crippen LogP contribution in [0, 0.1) is 6.92 Å². The molecule has 0 aliphatic rings. The van der Waals surface area contributed by atoms with Crippen molar-refractivity contribution < 1.29 is 9.21 Å². The Morgan fingerprint density at radius 1 is 1.25 bits per heavy atom. The number of hydrogen-bond donors (Lipinski definition) is 1. The van der Waals surface area contributed by atoms with Crippen molar-refractivity contribution in [2.24, 2.45) is 0 Å². The molecule has 0 aliphatic heterocycles. The van der Waals surface area contributed by atoms with Crippen LogP contribution in [-0.4, -0.2) is 15.7 Å². The van der Waals surface area contributed by atoms with Crippen LogP contribution in [0.3, 0.4) is 0 Å². The Labute approximate surface area is 140 Å². The van der Waals surface area contributed by atoms with Gasteiger partial charge in [0, 0.05) is 18.8 Å². The first-order chi connectivity index (χ1) is 11.7. The van der Waals surface area contributed by atoms with E-state index in [-0.39, 0.29) is 5.91 Å². The van der Waals surface area contributed by atoms with E-state index < -0.39 is 0 Å². The van der Waals surface area contributed by atoms with Gasteiger partial charge >= 0.3 is 0 Å². The second-order valence-electron chi connectivity index (χ2n) is 5.50. The third-order valence-electron chi connectivity index (χ3n) is 3.53. The number of aromatic nitrogens is 2. The summed E-state index contributed by atoms with van der Waals surface area (Å²) >= 11 is 0. The van der Waals surface area contributed by atoms with Crippen LogP contribution >= 0.6 is 0 Å². The highest BCUT2D eigenvalue weighted by Gasteiger charge is 2.03. The van der Waals surface area contributed by atoms with Gasteiger partial charge in [0.15, 0.2) is 0 Å². The van der Waals surface area contributed by atoms with Crippen molar-refractivity contribution in [3.05, 3.63) is 78.0 Å². The van der Waals surface area contributed by atoms with Crippen molar-refractivity contribution in [3.8, 4) is 0 Å². The summed E-state index contributed by atoms with van der Waals surface area (Å²) in [5.41, 5.74) is 1.93. The number of hydrogen-bond acceptors (Lipinski definition) is 3. The van der Waals surface area contributed by atoms with Gasteiger partial charge in [-0.3, -0.25) is 9.48 Å². The lowest BCUT2D eigenvalue weighted by Crippen LogP contribution is -2.07. The fraction of sp³-hybridized carbons (Fsp3) is 0.158. The first-order valence-electron chi connectivity index (χ1n) is 7.81. The lowest BCUT2D eigenvalue weighted by Gasteiger charge is -2.01. The maximum Gasteiger partial charge on any atom is 0.248 e. The quantitative estimate of drug-likeness (QED) is 0.705. The number of carbonyl (C=O) groups is 1. The summed E-state index contributed by atoms with van der Waals surface area (Å²) in [7, 11) is 0. The van der Waals surface area contributed by atoms with Gasteiger partial charge in [-0.1, -0.05) is 30.3 Å². The zero-order valence-electron chi connectivity index (χ0n) is 13.5. The number of carbonyl (C=O) groups excluding carboxylic acids is 1. The molecular weight excluding hydrogens is 302 g/mol. The number of nitrogens with one attached hydrogen (secondary N) is 1. The molecule has 122 valence electrons. The molecule has 0 spiro atoms. The predicted molar refractivity (Wildman–Crippen MR) is 93.5 cm³/mol. The van der Waals surface area contributed by atoms with E-state index in [9.17, 15) is 4.79 Å². The van der Waals surface area contributed by atoms with Crippen molar-refractivity contribution >= 4 is 17.7 Å². The standard InChI is InChI=1S/C19H19N3O2/c1-15-7-8-18(24-15)9-10-19(23)21-17-13-20-22(14-17)12-11-16-5-3-2-4-6-16/h2-10,13-14H,11-12H2,1H3,(H,21,23)/b10-9+. The van der Waals surface area contributed by atoms with Gasteiger partial charge in [0.1, 0.15) is 11.5 Å². The summed E-state index contributed by atoms with van der Waals surface area (Å²) < 4.78 is 7.20. The normalized spacial score (nSPS) is 11.0. The number of nitrogens with zero attached hydrogens (tertiary/aromatic N) is 2. The number of amides is 1. The molecule has 0 radical (unpaired) electrons. The Bertz CT molecular complexity index is 831. The van der Waals surface area contributed by atoms with Gasteiger partial charge in [0.2, 0.25) is 5.91 Å². The fourth-order valence-electron chi connectivity index (χ4n) is 2.32. The molecule has 0 saturated heterocycles. The zero-order chi connectivity index (χ0) is 16.8. The van der Waals surface area contributed by atoms with Gasteiger partial charge in [-0.25, -0.2) is 0 Å². The van der Waals surface area contributed by atoms with Gasteiger partial charge in [0.25, 0.3) is 0 Å². The molecule has 3 aromatic rings. The third kappa shape index (κ3) is 4.46. The average Bonchev–Trinajstić information content (AvgIpc) is 3.21. The van der Waals surface area contributed by atoms with Crippen LogP contribution in [0.25, 0.3) is 6.08 Å². The fourth-order valence-corrected chi connectivity index (χ4v) is 2.32. The Hall–Kier alpha value is -3.08. The van der Waals surface area contributed by atoms with Crippen LogP contribution in [0.5, 0.6) is 0 Å². The summed E-state index contributed by atoms with van der Waals surface area (Å²) in [5, 5.41) is 7.05. The van der Waals surface area contributed by atoms with Gasteiger partial charge in [-0.15, -0.1) is 0 Å². The first-order valence-corrected chi connectivity index (χ1v) is 7.81. The summed E-state index contributed by atoms with van der Waals surface area (Å²) in [6, 6.07) is 13.9. The predicted octanol–water partition coefficient (Wildman–Crippen LogP) is 3.68. The third-order valence-corrected chi connectivity index (χ3v) is 3.53. The lowest BCUT2D eigenvalue weighted by atomic mass is 10.1. The van der Waals surface area contributed by atoms with Gasteiger partial charge < -0.3 is 9.73 Å². The first kappa shape index (κ1) is 15.8. The van der Waals surface area contributed by atoms with Crippen LogP contribution in [-0.2, 0) is 17.8 Å². The second-order valence-corrected chi connectivity index (χ2v) is 5.50. The minimum atomic E-state index is -0.216. The van der Waals surface area contributed by atoms with E-state index in [4.69, 9.17) is 4.42 Å². The topological polar surface area (TPSA) is 60.1 Å². The molecule has 2 aromatic heterocycles. The molecule has 0 fully saturated rings. The molecule has 0 aliphatic carbocycles. The minimum Gasteiger partial charge on any atom is -0.462 e. The van der Waals surface area contributed by atoms with E-state index in [1.54, 1.807) is 12.3 Å². The molecule has 0 atom stereocenters. The highest BCUT2D eigenvalue weighted by molar-refractivity contribution is 6.01. The molecule has 0 bridgehead atoms. The summed E-state index contributed by atoms with van der Waals surface area (Å²) in [4.78, 5) is 11.9. The number of rotatable bonds is 6. The average molecular weight is 321 g/mol. The summed E-state index contributed by atoms with van der Waals surface area (Å²) in [5.74, 6) is 1.25. The molecule has 1 amide bonds. The molecule has 5 heteroatoms. The molecule has 24 heavy (non-hydrogen) atoms. The summed E-state index contributed by atoms with van der Waals surface area (Å²) in [6.07, 6.45) is 7.45. The maximum atomic E-state index is 11.9. The van der Waals surface area contributed by atoms with Crippen molar-refractivity contribution in [2.75, 3.05) is 5.32 Å². The maximum absolute atomic E-state index is 11.9. The van der Waals surface area contributed by atoms with Crippen LogP contribution in [0.15, 0.2) is 65.4 Å². The minimum absolute atomic E-state index is 0.216. The highest BCUT2D eigenvalue weighted by Crippen LogP contribution is 2.10. The van der Waals surface area contributed by atoms with Gasteiger partial charge in [0.05, 0.1) is 11.9 Å². The number of anilines is 1. The Balaban J connectivity index is 1.52. The largest absolute Gasteiger partial charge is 0.462 e. The molecular formula is C19H19N3O2. The van der Waals surface area contributed by atoms with Crippen molar-refractivity contribution in [1.29, 1.82) is 0 Å². The SMILES string of the molecule is Cc1ccc(/C=C/C(=O)Nc2cnn(CCc3ccccc3)c2)o1. The molecule has 1 N–H and O–H groups in total. The van der Waals surface area contributed by atoms with Gasteiger partial charge in [-0.2, -0.15) is 5.10 Å². The van der Waals surface area contributed by atoms with E-state index in [1.807, 2.05) is 48.1 Å². The highest BCUT2D eigenvalue weighted by atomic mass is 16.3. The molecule has 2 heterocycles. The Morgan fingerprint density at radius 3 is 2.83 bits per heavy atom. The van der Waals surface area contributed by atoms with E-state index in [0.717, 1.165) is 18.7 Å². The number of aryl methyl sites for hydroxylation is 3. The molecule has 0 saturated carbocycles. The van der Waals surface area contributed by atoms with E-state index in [1.165, 1.54) is 11.6 Å². The smallest absolute Gasteiger partial charge is 0.248 e. The second kappa shape index (κ2) is 7.46. The number of furan rings is 1. The molecule has 3 rings (SSSR count). The molecule has 5 nitrogen and oxygen atoms in total. The summed E-state index contributed by atoms with van der Waals surface area (Å²) in [6.45, 7) is 2.63. The van der Waals surface area contributed by atoms with Crippen LogP contribution in [0.2, 0.25) is 0 Å². The van der Waals surface area contributed by atoms with E-state index >= 15 is 0 Å². The molecule has 0 unspecified atom stereocenters. The van der Waals surface area contributed by atoms with Crippen LogP contribution < -0.4 is 5.32 Å². The van der Waals surface area contributed by atoms with Gasteiger partial charge in [-0.05, 0) is 37.1 Å².